The molecule has 0 spiro atoms. The molecule has 0 aliphatic carbocycles. The minimum Gasteiger partial charge on any atom is -0.319 e. The van der Waals surface area contributed by atoms with Crippen molar-refractivity contribution in [3.63, 3.8) is 0 Å². The number of aryl methyl sites for hydroxylation is 2. The van der Waals surface area contributed by atoms with Gasteiger partial charge in [-0.15, -0.1) is 0 Å². The summed E-state index contributed by atoms with van der Waals surface area (Å²) >= 11 is 0. The minimum absolute atomic E-state index is 0.117. The van der Waals surface area contributed by atoms with Crippen LogP contribution in [0.25, 0.3) is 5.69 Å². The van der Waals surface area contributed by atoms with Crippen molar-refractivity contribution < 1.29 is 4.92 Å². The maximum atomic E-state index is 10.5. The number of hydrogen-bond acceptors (Lipinski definition) is 2. The van der Waals surface area contributed by atoms with Gasteiger partial charge in [0.15, 0.2) is 0 Å². The Kier molecular flexibility index (Phi) is 2.48. The number of nitrogens with zero attached hydrogens (tertiary/aromatic N) is 2. The van der Waals surface area contributed by atoms with E-state index in [-0.39, 0.29) is 10.6 Å². The molecule has 0 saturated carbocycles. The van der Waals surface area contributed by atoms with Crippen LogP contribution in [0.4, 0.5) is 5.69 Å². The molecule has 0 radical (unpaired) electrons. The Morgan fingerprint density at radius 2 is 1.50 bits per heavy atom. The van der Waals surface area contributed by atoms with Gasteiger partial charge < -0.3 is 4.57 Å². The van der Waals surface area contributed by atoms with Gasteiger partial charge in [0.05, 0.1) is 4.92 Å². The fourth-order valence-electron chi connectivity index (χ4n) is 1.80. The predicted molar refractivity (Wildman–Crippen MR) is 61.9 cm³/mol. The monoisotopic (exact) mass is 216 g/mol. The highest BCUT2D eigenvalue weighted by Crippen LogP contribution is 2.19. The third-order valence-corrected chi connectivity index (χ3v) is 2.59. The summed E-state index contributed by atoms with van der Waals surface area (Å²) in [5.41, 5.74) is 3.30. The summed E-state index contributed by atoms with van der Waals surface area (Å²) in [7, 11) is 0. The minimum atomic E-state index is -0.390. The van der Waals surface area contributed by atoms with E-state index in [2.05, 4.69) is 4.57 Å². The fraction of sp³-hybridized carbons (Fsp3) is 0.167. The van der Waals surface area contributed by atoms with Crippen molar-refractivity contribution in [3.8, 4) is 5.69 Å². The number of nitro benzene ring substituents is 1. The molecule has 2 rings (SSSR count). The van der Waals surface area contributed by atoms with Crippen LogP contribution in [0.15, 0.2) is 36.4 Å². The van der Waals surface area contributed by atoms with E-state index in [0.717, 1.165) is 17.1 Å². The second kappa shape index (κ2) is 3.81. The Hall–Kier alpha value is -2.10. The van der Waals surface area contributed by atoms with Crippen molar-refractivity contribution >= 4 is 5.69 Å². The van der Waals surface area contributed by atoms with Crippen LogP contribution in [-0.4, -0.2) is 9.49 Å². The molecule has 82 valence electrons. The quantitative estimate of drug-likeness (QED) is 0.572. The second-order valence-electron chi connectivity index (χ2n) is 3.73. The van der Waals surface area contributed by atoms with Gasteiger partial charge in [0, 0.05) is 29.2 Å². The van der Waals surface area contributed by atoms with Crippen molar-refractivity contribution in [2.75, 3.05) is 0 Å². The summed E-state index contributed by atoms with van der Waals surface area (Å²) in [5.74, 6) is 0. The van der Waals surface area contributed by atoms with Crippen LogP contribution in [0.3, 0.4) is 0 Å². The van der Waals surface area contributed by atoms with Gasteiger partial charge in [0.25, 0.3) is 5.69 Å². The molecule has 0 aliphatic rings. The van der Waals surface area contributed by atoms with E-state index in [1.54, 1.807) is 12.1 Å². The predicted octanol–water partition coefficient (Wildman–Crippen LogP) is 3.00. The molecule has 0 bridgehead atoms. The average molecular weight is 216 g/mol. The second-order valence-corrected chi connectivity index (χ2v) is 3.73. The zero-order valence-electron chi connectivity index (χ0n) is 9.18. The van der Waals surface area contributed by atoms with E-state index in [0.29, 0.717) is 0 Å². The van der Waals surface area contributed by atoms with Gasteiger partial charge in [0.2, 0.25) is 0 Å². The molecule has 0 saturated heterocycles. The van der Waals surface area contributed by atoms with Crippen LogP contribution in [0.5, 0.6) is 0 Å². The first-order chi connectivity index (χ1) is 7.59. The van der Waals surface area contributed by atoms with E-state index in [9.17, 15) is 10.1 Å². The van der Waals surface area contributed by atoms with Crippen LogP contribution in [0.1, 0.15) is 11.4 Å². The largest absolute Gasteiger partial charge is 0.319 e. The van der Waals surface area contributed by atoms with Gasteiger partial charge in [-0.25, -0.2) is 0 Å². The number of rotatable bonds is 2. The standard InChI is InChI=1S/C12H12N2O2/c1-9-3-4-10(2)13(9)11-5-7-12(8-6-11)14(15)16/h3-8H,1-2H3. The molecule has 0 N–H and O–H groups in total. The van der Waals surface area contributed by atoms with Crippen LogP contribution < -0.4 is 0 Å². The van der Waals surface area contributed by atoms with Crippen molar-refractivity contribution in [3.05, 3.63) is 57.9 Å². The van der Waals surface area contributed by atoms with Gasteiger partial charge >= 0.3 is 0 Å². The summed E-state index contributed by atoms with van der Waals surface area (Å²) < 4.78 is 2.06. The SMILES string of the molecule is Cc1ccc(C)n1-c1ccc([N+](=O)[O-])cc1. The molecule has 1 aromatic carbocycles. The van der Waals surface area contributed by atoms with Gasteiger partial charge in [-0.1, -0.05) is 0 Å². The van der Waals surface area contributed by atoms with Crippen LogP contribution in [-0.2, 0) is 0 Å². The summed E-state index contributed by atoms with van der Waals surface area (Å²) in [5, 5.41) is 10.5. The van der Waals surface area contributed by atoms with Crippen molar-refractivity contribution in [1.29, 1.82) is 0 Å². The smallest absolute Gasteiger partial charge is 0.269 e. The van der Waals surface area contributed by atoms with Crippen molar-refractivity contribution in [1.82, 2.24) is 4.57 Å². The highest BCUT2D eigenvalue weighted by molar-refractivity contribution is 5.43. The third kappa shape index (κ3) is 1.69. The first-order valence-electron chi connectivity index (χ1n) is 4.99. The first-order valence-corrected chi connectivity index (χ1v) is 4.99. The van der Waals surface area contributed by atoms with Gasteiger partial charge in [0.1, 0.15) is 0 Å². The Morgan fingerprint density at radius 1 is 1.00 bits per heavy atom. The maximum absolute atomic E-state index is 10.5. The van der Waals surface area contributed by atoms with E-state index < -0.39 is 0 Å². The molecular weight excluding hydrogens is 204 g/mol. The lowest BCUT2D eigenvalue weighted by molar-refractivity contribution is -0.384. The van der Waals surface area contributed by atoms with Crippen LogP contribution in [0, 0.1) is 24.0 Å². The van der Waals surface area contributed by atoms with Crippen LogP contribution in [0.2, 0.25) is 0 Å². The molecule has 0 unspecified atom stereocenters. The van der Waals surface area contributed by atoms with E-state index in [1.165, 1.54) is 12.1 Å². The Balaban J connectivity index is 2.46. The van der Waals surface area contributed by atoms with E-state index >= 15 is 0 Å². The molecule has 16 heavy (non-hydrogen) atoms. The lowest BCUT2D eigenvalue weighted by Crippen LogP contribution is -1.98. The van der Waals surface area contributed by atoms with Gasteiger partial charge in [-0.2, -0.15) is 0 Å². The lowest BCUT2D eigenvalue weighted by atomic mass is 10.2. The topological polar surface area (TPSA) is 48.1 Å². The molecule has 4 heteroatoms. The molecule has 0 atom stereocenters. The first kappa shape index (κ1) is 10.4. The summed E-state index contributed by atoms with van der Waals surface area (Å²) in [6, 6.07) is 10.6. The third-order valence-electron chi connectivity index (χ3n) is 2.59. The maximum Gasteiger partial charge on any atom is 0.269 e. The normalized spacial score (nSPS) is 10.4. The summed E-state index contributed by atoms with van der Waals surface area (Å²) in [6.45, 7) is 4.02. The molecule has 0 fully saturated rings. The average Bonchev–Trinajstić information content (AvgIpc) is 2.59. The summed E-state index contributed by atoms with van der Waals surface area (Å²) in [6.07, 6.45) is 0. The molecule has 2 aromatic rings. The molecule has 1 heterocycles. The molecule has 0 aliphatic heterocycles. The Labute approximate surface area is 93.3 Å². The number of nitro groups is 1. The van der Waals surface area contributed by atoms with Crippen molar-refractivity contribution in [2.24, 2.45) is 0 Å². The molecule has 4 nitrogen and oxygen atoms in total. The molecule has 0 amide bonds. The van der Waals surface area contributed by atoms with E-state index in [4.69, 9.17) is 0 Å². The van der Waals surface area contributed by atoms with Crippen LogP contribution >= 0.6 is 0 Å². The summed E-state index contributed by atoms with van der Waals surface area (Å²) in [4.78, 5) is 10.1. The molecular formula is C12H12N2O2. The lowest BCUT2D eigenvalue weighted by Gasteiger charge is -2.08. The zero-order chi connectivity index (χ0) is 11.7. The number of non-ortho nitro benzene ring substituents is 1. The Bertz CT molecular complexity index is 507. The Morgan fingerprint density at radius 3 is 1.94 bits per heavy atom. The number of hydrogen-bond donors (Lipinski definition) is 0. The highest BCUT2D eigenvalue weighted by atomic mass is 16.6. The van der Waals surface area contributed by atoms with Gasteiger partial charge in [-0.05, 0) is 38.1 Å². The number of aromatic nitrogens is 1. The molecule has 1 aromatic heterocycles. The zero-order valence-corrected chi connectivity index (χ0v) is 9.18. The van der Waals surface area contributed by atoms with Crippen molar-refractivity contribution in [2.45, 2.75) is 13.8 Å². The van der Waals surface area contributed by atoms with E-state index in [1.807, 2.05) is 26.0 Å². The van der Waals surface area contributed by atoms with Gasteiger partial charge in [-0.3, -0.25) is 10.1 Å². The fourth-order valence-corrected chi connectivity index (χ4v) is 1.80. The number of benzene rings is 1. The highest BCUT2D eigenvalue weighted by Gasteiger charge is 2.07.